The van der Waals surface area contributed by atoms with Crippen molar-refractivity contribution in [1.82, 2.24) is 24.9 Å². The highest BCUT2D eigenvalue weighted by atomic mass is 35.5. The van der Waals surface area contributed by atoms with E-state index in [0.717, 1.165) is 48.2 Å². The molecular weight excluding hydrogens is 302 g/mol. The minimum absolute atomic E-state index is 0. The van der Waals surface area contributed by atoms with Crippen LogP contribution in [0.3, 0.4) is 0 Å². The van der Waals surface area contributed by atoms with Gasteiger partial charge < -0.3 is 10.3 Å². The van der Waals surface area contributed by atoms with Crippen LogP contribution < -0.4 is 10.9 Å². The highest BCUT2D eigenvalue weighted by molar-refractivity contribution is 5.92. The first-order valence-electron chi connectivity index (χ1n) is 7.32. The highest BCUT2D eigenvalue weighted by Gasteiger charge is 2.21. The summed E-state index contributed by atoms with van der Waals surface area (Å²) in [6, 6.07) is 3.63. The van der Waals surface area contributed by atoms with Gasteiger partial charge in [0.2, 0.25) is 0 Å². The van der Waals surface area contributed by atoms with Gasteiger partial charge in [-0.1, -0.05) is 0 Å². The maximum absolute atomic E-state index is 12.1. The van der Waals surface area contributed by atoms with Gasteiger partial charge >= 0.3 is 0 Å². The molecule has 0 radical (unpaired) electrons. The summed E-state index contributed by atoms with van der Waals surface area (Å²) >= 11 is 0. The minimum atomic E-state index is -0.0684. The van der Waals surface area contributed by atoms with Crippen LogP contribution in [0, 0.1) is 6.92 Å². The number of halogens is 1. The molecule has 6 nitrogen and oxygen atoms in total. The molecule has 0 unspecified atom stereocenters. The number of H-pyrrole nitrogens is 1. The van der Waals surface area contributed by atoms with Gasteiger partial charge in [-0.3, -0.25) is 4.79 Å². The molecule has 2 N–H and O–H groups in total. The maximum atomic E-state index is 12.1. The van der Waals surface area contributed by atoms with Crippen molar-refractivity contribution in [2.45, 2.75) is 25.7 Å². The van der Waals surface area contributed by atoms with E-state index in [1.807, 2.05) is 17.5 Å². The lowest BCUT2D eigenvalue weighted by molar-refractivity contribution is 0.446. The van der Waals surface area contributed by atoms with Crippen molar-refractivity contribution in [3.05, 3.63) is 39.9 Å². The minimum Gasteiger partial charge on any atom is -0.317 e. The molecule has 0 saturated carbocycles. The highest BCUT2D eigenvalue weighted by Crippen LogP contribution is 2.27. The Morgan fingerprint density at radius 3 is 2.86 bits per heavy atom. The van der Waals surface area contributed by atoms with E-state index < -0.39 is 0 Å². The number of fused-ring (bicyclic) bond motifs is 3. The van der Waals surface area contributed by atoms with Gasteiger partial charge in [-0.15, -0.1) is 17.5 Å². The standard InChI is InChI=1S/C15H17N5O.ClH/c1-9-2-7-17-14-13(9)15-18-12(21)8-11(20(15)19-14)10-3-5-16-6-4-10;/h2,7-8,10,16H,3-6H2,1H3,(H,18,21);1H. The summed E-state index contributed by atoms with van der Waals surface area (Å²) in [4.78, 5) is 19.3. The van der Waals surface area contributed by atoms with Crippen LogP contribution in [0.15, 0.2) is 23.1 Å². The monoisotopic (exact) mass is 319 g/mol. The van der Waals surface area contributed by atoms with E-state index in [2.05, 4.69) is 20.4 Å². The van der Waals surface area contributed by atoms with Crippen molar-refractivity contribution in [3.63, 3.8) is 0 Å². The second-order valence-electron chi connectivity index (χ2n) is 5.67. The van der Waals surface area contributed by atoms with Gasteiger partial charge in [-0.05, 0) is 44.5 Å². The van der Waals surface area contributed by atoms with Gasteiger partial charge in [-0.25, -0.2) is 9.50 Å². The normalized spacial score (nSPS) is 16.0. The molecule has 3 aromatic heterocycles. The third kappa shape index (κ3) is 2.28. The number of rotatable bonds is 1. The number of nitrogens with one attached hydrogen (secondary N) is 2. The Labute approximate surface area is 133 Å². The van der Waals surface area contributed by atoms with Gasteiger partial charge in [0.1, 0.15) is 5.65 Å². The molecule has 0 atom stereocenters. The Kier molecular flexibility index (Phi) is 3.88. The lowest BCUT2D eigenvalue weighted by Gasteiger charge is -2.22. The number of hydrogen-bond donors (Lipinski definition) is 2. The molecule has 1 aliphatic rings. The quantitative estimate of drug-likeness (QED) is 0.717. The van der Waals surface area contributed by atoms with Gasteiger partial charge in [0.25, 0.3) is 5.56 Å². The summed E-state index contributed by atoms with van der Waals surface area (Å²) in [5.41, 5.74) is 3.45. The zero-order chi connectivity index (χ0) is 14.4. The van der Waals surface area contributed by atoms with E-state index in [1.165, 1.54) is 0 Å². The van der Waals surface area contributed by atoms with Crippen molar-refractivity contribution in [3.8, 4) is 0 Å². The molecule has 4 rings (SSSR count). The van der Waals surface area contributed by atoms with E-state index in [0.29, 0.717) is 11.6 Å². The molecule has 0 aromatic carbocycles. The molecule has 4 heterocycles. The number of aromatic nitrogens is 4. The van der Waals surface area contributed by atoms with Crippen molar-refractivity contribution < 1.29 is 0 Å². The second kappa shape index (κ2) is 5.70. The summed E-state index contributed by atoms with van der Waals surface area (Å²) in [6.45, 7) is 3.98. The Bertz CT molecular complexity index is 879. The van der Waals surface area contributed by atoms with Crippen LogP contribution in [0.1, 0.15) is 30.0 Å². The number of hydrogen-bond acceptors (Lipinski definition) is 4. The molecule has 0 bridgehead atoms. The Balaban J connectivity index is 0.00000144. The summed E-state index contributed by atoms with van der Waals surface area (Å²) in [7, 11) is 0. The van der Waals surface area contributed by atoms with Crippen LogP contribution in [0.4, 0.5) is 0 Å². The number of aromatic amines is 1. The average Bonchev–Trinajstić information content (AvgIpc) is 2.87. The zero-order valence-corrected chi connectivity index (χ0v) is 13.1. The predicted molar refractivity (Wildman–Crippen MR) is 87.9 cm³/mol. The number of pyridine rings is 1. The fourth-order valence-electron chi connectivity index (χ4n) is 3.22. The van der Waals surface area contributed by atoms with Crippen LogP contribution in [0.25, 0.3) is 16.7 Å². The Hall–Kier alpha value is -1.92. The number of piperidine rings is 1. The van der Waals surface area contributed by atoms with Crippen molar-refractivity contribution >= 4 is 29.1 Å². The van der Waals surface area contributed by atoms with Crippen LogP contribution in [0.5, 0.6) is 0 Å². The smallest absolute Gasteiger partial charge is 0.251 e. The first kappa shape index (κ1) is 15.0. The second-order valence-corrected chi connectivity index (χ2v) is 5.67. The fraction of sp³-hybridized carbons (Fsp3) is 0.400. The van der Waals surface area contributed by atoms with E-state index in [-0.39, 0.29) is 18.0 Å². The molecule has 3 aromatic rings. The third-order valence-electron chi connectivity index (χ3n) is 4.31. The molecule has 0 spiro atoms. The van der Waals surface area contributed by atoms with Crippen molar-refractivity contribution in [1.29, 1.82) is 0 Å². The summed E-state index contributed by atoms with van der Waals surface area (Å²) in [6.07, 6.45) is 3.81. The Morgan fingerprint density at radius 1 is 1.32 bits per heavy atom. The van der Waals surface area contributed by atoms with Gasteiger partial charge in [0.05, 0.1) is 11.1 Å². The molecule has 116 valence electrons. The molecule has 1 aliphatic heterocycles. The van der Waals surface area contributed by atoms with Crippen molar-refractivity contribution in [2.75, 3.05) is 13.1 Å². The topological polar surface area (TPSA) is 75.1 Å². The zero-order valence-electron chi connectivity index (χ0n) is 12.3. The summed E-state index contributed by atoms with van der Waals surface area (Å²) in [5, 5.41) is 8.90. The molecule has 22 heavy (non-hydrogen) atoms. The van der Waals surface area contributed by atoms with Crippen molar-refractivity contribution in [2.24, 2.45) is 0 Å². The summed E-state index contributed by atoms with van der Waals surface area (Å²) < 4.78 is 1.88. The molecule has 0 aliphatic carbocycles. The lowest BCUT2D eigenvalue weighted by atomic mass is 9.94. The third-order valence-corrected chi connectivity index (χ3v) is 4.31. The van der Waals surface area contributed by atoms with E-state index >= 15 is 0 Å². The average molecular weight is 320 g/mol. The van der Waals surface area contributed by atoms with E-state index in [4.69, 9.17) is 0 Å². The molecule has 1 fully saturated rings. The molecule has 0 amide bonds. The lowest BCUT2D eigenvalue weighted by Crippen LogP contribution is -2.28. The fourth-order valence-corrected chi connectivity index (χ4v) is 3.22. The molecule has 1 saturated heterocycles. The van der Waals surface area contributed by atoms with Crippen LogP contribution >= 0.6 is 12.4 Å². The van der Waals surface area contributed by atoms with Gasteiger partial charge in [0.15, 0.2) is 5.65 Å². The first-order chi connectivity index (χ1) is 10.2. The van der Waals surface area contributed by atoms with Crippen LogP contribution in [-0.4, -0.2) is 32.7 Å². The molecular formula is C15H18ClN5O. The van der Waals surface area contributed by atoms with Gasteiger partial charge in [-0.2, -0.15) is 0 Å². The molecule has 7 heteroatoms. The predicted octanol–water partition coefficient (Wildman–Crippen LogP) is 1.77. The van der Waals surface area contributed by atoms with E-state index in [1.54, 1.807) is 12.3 Å². The maximum Gasteiger partial charge on any atom is 0.251 e. The number of nitrogens with zero attached hydrogens (tertiary/aromatic N) is 3. The first-order valence-corrected chi connectivity index (χ1v) is 7.32. The largest absolute Gasteiger partial charge is 0.317 e. The summed E-state index contributed by atoms with van der Waals surface area (Å²) in [5.74, 6) is 0.366. The Morgan fingerprint density at radius 2 is 2.09 bits per heavy atom. The van der Waals surface area contributed by atoms with Crippen LogP contribution in [-0.2, 0) is 0 Å². The van der Waals surface area contributed by atoms with Gasteiger partial charge in [0, 0.05) is 18.2 Å². The van der Waals surface area contributed by atoms with Crippen LogP contribution in [0.2, 0.25) is 0 Å². The SMILES string of the molecule is Cc1ccnc2nn3c(C4CCNCC4)cc(=O)[nH]c3c12.Cl. The van der Waals surface area contributed by atoms with E-state index in [9.17, 15) is 4.79 Å². The number of aryl methyl sites for hydroxylation is 1.